The molecule has 0 spiro atoms. The number of Topliss-reactive ketones (excluding diaryl/α,β-unsaturated/α-hetero) is 1. The zero-order valence-corrected chi connectivity index (χ0v) is 16.8. The average Bonchev–Trinajstić information content (AvgIpc) is 3.15. The van der Waals surface area contributed by atoms with Gasteiger partial charge in [-0.05, 0) is 55.2 Å². The molecule has 1 heterocycles. The van der Waals surface area contributed by atoms with E-state index in [0.29, 0.717) is 24.5 Å². The summed E-state index contributed by atoms with van der Waals surface area (Å²) >= 11 is 0. The predicted octanol–water partition coefficient (Wildman–Crippen LogP) is 2.64. The molecule has 0 fully saturated rings. The Morgan fingerprint density at radius 2 is 1.93 bits per heavy atom. The molecule has 1 aromatic carbocycles. The lowest BCUT2D eigenvalue weighted by Gasteiger charge is -2.12. The number of aromatic amines is 1. The first-order chi connectivity index (χ1) is 13.4. The van der Waals surface area contributed by atoms with Crippen molar-refractivity contribution in [3.63, 3.8) is 0 Å². The molecule has 9 heteroatoms. The number of esters is 1. The van der Waals surface area contributed by atoms with Crippen LogP contribution in [0, 0.1) is 0 Å². The molecule has 0 atom stereocenters. The van der Waals surface area contributed by atoms with Crippen molar-refractivity contribution >= 4 is 11.8 Å². The van der Waals surface area contributed by atoms with Gasteiger partial charge in [0.25, 0.3) is 0 Å². The van der Waals surface area contributed by atoms with E-state index < -0.39 is 0 Å². The number of aromatic nitrogens is 4. The summed E-state index contributed by atoms with van der Waals surface area (Å²) in [5.41, 5.74) is 1.25. The molecule has 154 valence electrons. The van der Waals surface area contributed by atoms with E-state index in [1.54, 1.807) is 13.0 Å². The van der Waals surface area contributed by atoms with Gasteiger partial charge in [0.05, 0.1) is 18.8 Å². The van der Waals surface area contributed by atoms with Crippen LogP contribution in [0.5, 0.6) is 11.5 Å². The van der Waals surface area contributed by atoms with Crippen molar-refractivity contribution in [3.05, 3.63) is 29.1 Å². The minimum atomic E-state index is -0.211. The second-order valence-corrected chi connectivity index (χ2v) is 5.96. The largest absolute Gasteiger partial charge is 0.507 e. The van der Waals surface area contributed by atoms with Crippen LogP contribution in [0.3, 0.4) is 0 Å². The number of hydrogen-bond donors (Lipinski definition) is 2. The Kier molecular flexibility index (Phi) is 10.2. The molecule has 0 aliphatic carbocycles. The minimum absolute atomic E-state index is 0.0348. The number of phenols is 1. The van der Waals surface area contributed by atoms with Gasteiger partial charge in [0, 0.05) is 19.4 Å². The van der Waals surface area contributed by atoms with Crippen molar-refractivity contribution in [1.82, 2.24) is 20.6 Å². The van der Waals surface area contributed by atoms with E-state index in [9.17, 15) is 14.7 Å². The topological polar surface area (TPSA) is 127 Å². The van der Waals surface area contributed by atoms with Crippen molar-refractivity contribution in [2.75, 3.05) is 13.2 Å². The number of hydrogen-bond acceptors (Lipinski definition) is 8. The van der Waals surface area contributed by atoms with Crippen molar-refractivity contribution < 1.29 is 24.2 Å². The van der Waals surface area contributed by atoms with Gasteiger partial charge < -0.3 is 14.6 Å². The first-order valence-corrected chi connectivity index (χ1v) is 9.24. The Morgan fingerprint density at radius 3 is 2.43 bits per heavy atom. The van der Waals surface area contributed by atoms with E-state index in [0.717, 1.165) is 37.1 Å². The Morgan fingerprint density at radius 1 is 1.18 bits per heavy atom. The van der Waals surface area contributed by atoms with Crippen LogP contribution in [-0.4, -0.2) is 50.7 Å². The number of ether oxygens (including phenoxy) is 2. The number of phenolic OH excluding ortho intramolecular Hbond substituents is 1. The van der Waals surface area contributed by atoms with Gasteiger partial charge in [0.15, 0.2) is 5.78 Å². The second-order valence-electron chi connectivity index (χ2n) is 5.96. The van der Waals surface area contributed by atoms with Gasteiger partial charge in [-0.3, -0.25) is 9.59 Å². The molecular weight excluding hydrogens is 364 g/mol. The third-order valence-electron chi connectivity index (χ3n) is 3.74. The van der Waals surface area contributed by atoms with Gasteiger partial charge in [-0.25, -0.2) is 5.10 Å². The van der Waals surface area contributed by atoms with Crippen LogP contribution in [-0.2, 0) is 22.4 Å². The summed E-state index contributed by atoms with van der Waals surface area (Å²) in [6, 6.07) is 3.23. The number of H-pyrrole nitrogens is 1. The van der Waals surface area contributed by atoms with Crippen LogP contribution in [0.2, 0.25) is 0 Å². The highest BCUT2D eigenvalue weighted by Crippen LogP contribution is 2.29. The van der Waals surface area contributed by atoms with Gasteiger partial charge in [-0.2, -0.15) is 0 Å². The average molecular weight is 392 g/mol. The third kappa shape index (κ3) is 8.15. The number of benzene rings is 1. The zero-order chi connectivity index (χ0) is 20.9. The van der Waals surface area contributed by atoms with Gasteiger partial charge in [0.2, 0.25) is 0 Å². The third-order valence-corrected chi connectivity index (χ3v) is 3.74. The van der Waals surface area contributed by atoms with Crippen LogP contribution < -0.4 is 4.74 Å². The highest BCUT2D eigenvalue weighted by atomic mass is 16.5. The summed E-state index contributed by atoms with van der Waals surface area (Å²) in [5.74, 6) is 0.994. The summed E-state index contributed by atoms with van der Waals surface area (Å²) in [7, 11) is 0. The molecule has 9 nitrogen and oxygen atoms in total. The van der Waals surface area contributed by atoms with Crippen LogP contribution in [0.25, 0.3) is 0 Å². The highest BCUT2D eigenvalue weighted by molar-refractivity contribution is 5.97. The van der Waals surface area contributed by atoms with Crippen LogP contribution >= 0.6 is 0 Å². The summed E-state index contributed by atoms with van der Waals surface area (Å²) in [4.78, 5) is 21.3. The van der Waals surface area contributed by atoms with E-state index >= 15 is 0 Å². The minimum Gasteiger partial charge on any atom is -0.507 e. The lowest BCUT2D eigenvalue weighted by Crippen LogP contribution is -2.03. The maximum Gasteiger partial charge on any atom is 0.302 e. The fourth-order valence-electron chi connectivity index (χ4n) is 2.37. The first kappa shape index (κ1) is 23.1. The molecule has 28 heavy (non-hydrogen) atoms. The lowest BCUT2D eigenvalue weighted by atomic mass is 10.0. The predicted molar refractivity (Wildman–Crippen MR) is 102 cm³/mol. The number of nitrogens with one attached hydrogen (secondary N) is 1. The van der Waals surface area contributed by atoms with E-state index in [-0.39, 0.29) is 17.5 Å². The van der Waals surface area contributed by atoms with E-state index in [1.807, 2.05) is 6.92 Å². The number of unbranched alkanes of at least 4 members (excludes halogenated alkanes) is 1. The number of aromatic hydroxyl groups is 1. The maximum atomic E-state index is 11.4. The number of nitrogens with zero attached hydrogens (tertiary/aromatic N) is 3. The summed E-state index contributed by atoms with van der Waals surface area (Å²) in [5, 5.41) is 23.4. The Hall–Kier alpha value is -2.97. The second kappa shape index (κ2) is 12.4. The molecule has 0 aliphatic rings. The molecule has 2 rings (SSSR count). The Bertz CT molecular complexity index is 747. The molecular formula is C19H28N4O5. The Balaban J connectivity index is 0.000000568. The molecule has 2 aromatic rings. The smallest absolute Gasteiger partial charge is 0.302 e. The number of tetrazole rings is 1. The summed E-state index contributed by atoms with van der Waals surface area (Å²) < 4.78 is 10.1. The fraction of sp³-hybridized carbons (Fsp3) is 0.526. The van der Waals surface area contributed by atoms with Gasteiger partial charge >= 0.3 is 5.97 Å². The van der Waals surface area contributed by atoms with E-state index in [2.05, 4.69) is 25.4 Å². The fourth-order valence-corrected chi connectivity index (χ4v) is 2.37. The number of carbonyl (C=O) groups is 2. The van der Waals surface area contributed by atoms with Crippen LogP contribution in [0.4, 0.5) is 0 Å². The quantitative estimate of drug-likeness (QED) is 0.379. The van der Waals surface area contributed by atoms with E-state index in [4.69, 9.17) is 4.74 Å². The van der Waals surface area contributed by atoms with Crippen molar-refractivity contribution in [2.24, 2.45) is 0 Å². The molecule has 2 N–H and O–H groups in total. The molecule has 0 aliphatic heterocycles. The van der Waals surface area contributed by atoms with Crippen molar-refractivity contribution in [1.29, 1.82) is 0 Å². The van der Waals surface area contributed by atoms with Crippen molar-refractivity contribution in [3.8, 4) is 11.5 Å². The normalized spacial score (nSPS) is 10.0. The molecule has 0 unspecified atom stereocenters. The summed E-state index contributed by atoms with van der Waals surface area (Å²) in [6.07, 6.45) is 3.25. The number of aryl methyl sites for hydroxylation is 2. The highest BCUT2D eigenvalue weighted by Gasteiger charge is 2.12. The Labute approximate surface area is 164 Å². The SMILES string of the molecule is CCOC(C)=O.CCc1cc(C(C)=O)c(O)cc1OCCCCc1nnn[nH]1. The molecule has 0 amide bonds. The number of carbonyl (C=O) groups excluding carboxylic acids is 2. The van der Waals surface area contributed by atoms with Crippen LogP contribution in [0.15, 0.2) is 12.1 Å². The van der Waals surface area contributed by atoms with Gasteiger partial charge in [-0.15, -0.1) is 5.10 Å². The molecule has 1 aromatic heterocycles. The molecule has 0 saturated carbocycles. The van der Waals surface area contributed by atoms with Gasteiger partial charge in [-0.1, -0.05) is 6.92 Å². The monoisotopic (exact) mass is 392 g/mol. The molecule has 0 saturated heterocycles. The first-order valence-electron chi connectivity index (χ1n) is 9.24. The van der Waals surface area contributed by atoms with E-state index in [1.165, 1.54) is 19.9 Å². The summed E-state index contributed by atoms with van der Waals surface area (Å²) in [6.45, 7) is 7.61. The van der Waals surface area contributed by atoms with Gasteiger partial charge in [0.1, 0.15) is 17.3 Å². The van der Waals surface area contributed by atoms with Crippen molar-refractivity contribution in [2.45, 2.75) is 53.4 Å². The standard InChI is InChI=1S/C15H20N4O3.C4H8O2/c1-3-11-8-12(10(2)20)13(21)9-14(11)22-7-5-4-6-15-16-18-19-17-15;1-3-6-4(2)5/h8-9,21H,3-7H2,1-2H3,(H,16,17,18,19);3H2,1-2H3. The molecule has 0 bridgehead atoms. The lowest BCUT2D eigenvalue weighted by molar-refractivity contribution is -0.140. The zero-order valence-electron chi connectivity index (χ0n) is 16.8. The maximum absolute atomic E-state index is 11.4. The number of ketones is 1. The van der Waals surface area contributed by atoms with Crippen LogP contribution in [0.1, 0.15) is 62.3 Å². The number of rotatable bonds is 9. The molecule has 0 radical (unpaired) electrons.